The Morgan fingerprint density at radius 2 is 1.95 bits per heavy atom. The first-order valence-corrected chi connectivity index (χ1v) is 7.80. The topological polar surface area (TPSA) is 32.3 Å². The summed E-state index contributed by atoms with van der Waals surface area (Å²) >= 11 is 15.2. The minimum absolute atomic E-state index is 0.242. The summed E-state index contributed by atoms with van der Waals surface area (Å²) in [4.78, 5) is 0. The highest BCUT2D eigenvalue weighted by Crippen LogP contribution is 2.26. The Kier molecular flexibility index (Phi) is 6.02. The second-order valence-corrected chi connectivity index (χ2v) is 6.31. The van der Waals surface area contributed by atoms with Gasteiger partial charge in [-0.3, -0.25) is 0 Å². The molecule has 1 atom stereocenters. The van der Waals surface area contributed by atoms with Crippen molar-refractivity contribution in [1.29, 1.82) is 0 Å². The fourth-order valence-electron chi connectivity index (χ4n) is 1.90. The zero-order chi connectivity index (χ0) is 15.4. The van der Waals surface area contributed by atoms with E-state index in [1.807, 2.05) is 0 Å². The summed E-state index contributed by atoms with van der Waals surface area (Å²) in [5.74, 6) is -0.291. The molecule has 0 fully saturated rings. The van der Waals surface area contributed by atoms with Gasteiger partial charge >= 0.3 is 0 Å². The highest BCUT2D eigenvalue weighted by atomic mass is 79.9. The van der Waals surface area contributed by atoms with Crippen LogP contribution in [0.15, 0.2) is 40.9 Å². The molecule has 0 aromatic heterocycles. The molecule has 0 radical (unpaired) electrons. The fraction of sp³-hybridized carbons (Fsp3) is 0.200. The van der Waals surface area contributed by atoms with Gasteiger partial charge < -0.3 is 10.4 Å². The summed E-state index contributed by atoms with van der Waals surface area (Å²) in [6.07, 6.45) is -0.814. The summed E-state index contributed by atoms with van der Waals surface area (Å²) < 4.78 is 14.4. The molecule has 2 N–H and O–H groups in total. The lowest BCUT2D eigenvalue weighted by atomic mass is 10.1. The first kappa shape index (κ1) is 16.7. The maximum atomic E-state index is 13.6. The first-order chi connectivity index (χ1) is 9.97. The van der Waals surface area contributed by atoms with Gasteiger partial charge in [0, 0.05) is 38.7 Å². The van der Waals surface area contributed by atoms with Crippen molar-refractivity contribution in [2.24, 2.45) is 0 Å². The molecule has 1 unspecified atom stereocenters. The van der Waals surface area contributed by atoms with Gasteiger partial charge in [-0.15, -0.1) is 0 Å². The third-order valence-corrected chi connectivity index (χ3v) is 4.05. The quantitative estimate of drug-likeness (QED) is 0.771. The lowest BCUT2D eigenvalue weighted by Gasteiger charge is -2.14. The molecule has 0 amide bonds. The molecule has 2 nitrogen and oxygen atoms in total. The average Bonchev–Trinajstić information content (AvgIpc) is 2.45. The van der Waals surface area contributed by atoms with E-state index in [1.54, 1.807) is 30.3 Å². The van der Waals surface area contributed by atoms with Crippen LogP contribution < -0.4 is 5.32 Å². The van der Waals surface area contributed by atoms with Crippen LogP contribution in [0.25, 0.3) is 0 Å². The minimum atomic E-state index is -0.814. The number of nitrogens with one attached hydrogen (secondary N) is 1. The van der Waals surface area contributed by atoms with E-state index in [9.17, 15) is 9.50 Å². The zero-order valence-electron chi connectivity index (χ0n) is 10.9. The fourth-order valence-corrected chi connectivity index (χ4v) is 2.73. The Morgan fingerprint density at radius 1 is 1.19 bits per heavy atom. The van der Waals surface area contributed by atoms with Crippen LogP contribution in [-0.2, 0) is 6.54 Å². The van der Waals surface area contributed by atoms with Gasteiger partial charge in [0.15, 0.2) is 0 Å². The lowest BCUT2D eigenvalue weighted by molar-refractivity contribution is 0.174. The van der Waals surface area contributed by atoms with Crippen LogP contribution >= 0.6 is 39.1 Å². The van der Waals surface area contributed by atoms with Gasteiger partial charge in [0.05, 0.1) is 6.10 Å². The van der Waals surface area contributed by atoms with Gasteiger partial charge in [0.2, 0.25) is 0 Å². The summed E-state index contributed by atoms with van der Waals surface area (Å²) in [6, 6.07) is 9.64. The van der Waals surface area contributed by atoms with Crippen molar-refractivity contribution in [1.82, 2.24) is 5.32 Å². The predicted molar refractivity (Wildman–Crippen MR) is 87.2 cm³/mol. The van der Waals surface area contributed by atoms with Crippen LogP contribution in [-0.4, -0.2) is 11.7 Å². The Bertz CT molecular complexity index is 639. The molecule has 2 rings (SSSR count). The van der Waals surface area contributed by atoms with Gasteiger partial charge in [-0.25, -0.2) is 4.39 Å². The van der Waals surface area contributed by atoms with E-state index in [2.05, 4.69) is 21.2 Å². The van der Waals surface area contributed by atoms with Crippen LogP contribution in [0.3, 0.4) is 0 Å². The van der Waals surface area contributed by atoms with Gasteiger partial charge in [-0.2, -0.15) is 0 Å². The van der Waals surface area contributed by atoms with Crippen molar-refractivity contribution in [2.75, 3.05) is 6.54 Å². The molecule has 0 aliphatic carbocycles. The third-order valence-electron chi connectivity index (χ3n) is 2.98. The predicted octanol–water partition coefficient (Wildman–Crippen LogP) is 4.72. The molecule has 21 heavy (non-hydrogen) atoms. The number of hydrogen-bond acceptors (Lipinski definition) is 2. The second kappa shape index (κ2) is 7.56. The Morgan fingerprint density at radius 3 is 2.71 bits per heavy atom. The number of hydrogen-bond donors (Lipinski definition) is 2. The minimum Gasteiger partial charge on any atom is -0.387 e. The van der Waals surface area contributed by atoms with Gasteiger partial charge in [0.25, 0.3) is 0 Å². The molecule has 0 heterocycles. The molecule has 0 saturated carbocycles. The average molecular weight is 393 g/mol. The van der Waals surface area contributed by atoms with E-state index in [-0.39, 0.29) is 12.4 Å². The third kappa shape index (κ3) is 4.66. The number of halogens is 4. The van der Waals surface area contributed by atoms with Crippen LogP contribution in [0, 0.1) is 5.82 Å². The number of aliphatic hydroxyl groups is 1. The highest BCUT2D eigenvalue weighted by molar-refractivity contribution is 9.10. The molecule has 112 valence electrons. The molecule has 0 aliphatic heterocycles. The first-order valence-electron chi connectivity index (χ1n) is 6.25. The maximum Gasteiger partial charge on any atom is 0.127 e. The van der Waals surface area contributed by atoms with Crippen molar-refractivity contribution < 1.29 is 9.50 Å². The summed E-state index contributed by atoms with van der Waals surface area (Å²) in [7, 11) is 0. The van der Waals surface area contributed by atoms with Crippen molar-refractivity contribution in [3.8, 4) is 0 Å². The van der Waals surface area contributed by atoms with E-state index >= 15 is 0 Å². The normalized spacial score (nSPS) is 12.4. The lowest BCUT2D eigenvalue weighted by Crippen LogP contribution is -2.21. The molecule has 0 aliphatic rings. The summed E-state index contributed by atoms with van der Waals surface area (Å²) in [5.41, 5.74) is 1.07. The highest BCUT2D eigenvalue weighted by Gasteiger charge is 2.12. The van der Waals surface area contributed by atoms with E-state index in [0.717, 1.165) is 4.47 Å². The van der Waals surface area contributed by atoms with E-state index in [1.165, 1.54) is 6.07 Å². The Balaban J connectivity index is 1.96. The SMILES string of the molecule is OC(CNCc1cc(Br)ccc1F)c1cc(Cl)ccc1Cl. The Labute approximate surface area is 141 Å². The standard InChI is InChI=1S/C15H13BrCl2FNO/c16-10-1-4-14(19)9(5-10)7-20-8-15(21)12-6-11(17)2-3-13(12)18/h1-6,15,20-21H,7-8H2. The number of rotatable bonds is 5. The van der Waals surface area contributed by atoms with E-state index in [0.29, 0.717) is 27.7 Å². The molecule has 6 heteroatoms. The molecule has 2 aromatic carbocycles. The maximum absolute atomic E-state index is 13.6. The van der Waals surface area contributed by atoms with Crippen LogP contribution in [0.5, 0.6) is 0 Å². The van der Waals surface area contributed by atoms with Crippen molar-refractivity contribution >= 4 is 39.1 Å². The molecular weight excluding hydrogens is 380 g/mol. The van der Waals surface area contributed by atoms with E-state index < -0.39 is 6.10 Å². The summed E-state index contributed by atoms with van der Waals surface area (Å²) in [6.45, 7) is 0.548. The zero-order valence-corrected chi connectivity index (χ0v) is 14.0. The monoisotopic (exact) mass is 391 g/mol. The largest absolute Gasteiger partial charge is 0.387 e. The van der Waals surface area contributed by atoms with Crippen LogP contribution in [0.1, 0.15) is 17.2 Å². The van der Waals surface area contributed by atoms with Gasteiger partial charge in [-0.05, 0) is 36.4 Å². The Hall–Kier alpha value is -0.650. The van der Waals surface area contributed by atoms with Crippen molar-refractivity contribution in [3.05, 3.63) is 67.9 Å². The smallest absolute Gasteiger partial charge is 0.127 e. The molecule has 0 saturated heterocycles. The van der Waals surface area contributed by atoms with Crippen LogP contribution in [0.4, 0.5) is 4.39 Å². The number of aliphatic hydroxyl groups excluding tert-OH is 1. The van der Waals surface area contributed by atoms with Crippen molar-refractivity contribution in [3.63, 3.8) is 0 Å². The van der Waals surface area contributed by atoms with Gasteiger partial charge in [-0.1, -0.05) is 39.1 Å². The van der Waals surface area contributed by atoms with Crippen molar-refractivity contribution in [2.45, 2.75) is 12.6 Å². The molecule has 2 aromatic rings. The molecule has 0 bridgehead atoms. The van der Waals surface area contributed by atoms with Gasteiger partial charge in [0.1, 0.15) is 5.82 Å². The van der Waals surface area contributed by atoms with Crippen LogP contribution in [0.2, 0.25) is 10.0 Å². The van der Waals surface area contributed by atoms with E-state index in [4.69, 9.17) is 23.2 Å². The number of benzene rings is 2. The summed E-state index contributed by atoms with van der Waals surface area (Å²) in [5, 5.41) is 14.1. The second-order valence-electron chi connectivity index (χ2n) is 4.55. The molecular formula is C15H13BrCl2FNO. The molecule has 0 spiro atoms.